The molecule has 13 heteroatoms. The average Bonchev–Trinajstić information content (AvgIpc) is 2.79. The first-order valence-electron chi connectivity index (χ1n) is 10.1. The highest BCUT2D eigenvalue weighted by molar-refractivity contribution is 7.89. The van der Waals surface area contributed by atoms with Crippen molar-refractivity contribution in [2.75, 3.05) is 38.0 Å². The van der Waals surface area contributed by atoms with E-state index < -0.39 is 25.6 Å². The van der Waals surface area contributed by atoms with Crippen molar-refractivity contribution in [3.8, 4) is 0 Å². The minimum absolute atomic E-state index is 0.119. The monoisotopic (exact) mass is 477 g/mol. The molecule has 0 unspecified atom stereocenters. The van der Waals surface area contributed by atoms with Gasteiger partial charge in [-0.15, -0.1) is 0 Å². The second-order valence-electron chi connectivity index (χ2n) is 7.53. The van der Waals surface area contributed by atoms with Crippen LogP contribution in [0.4, 0.5) is 17.1 Å². The Balaban J connectivity index is 1.55. The van der Waals surface area contributed by atoms with Crippen LogP contribution < -0.4 is 5.32 Å². The number of piperazine rings is 1. The van der Waals surface area contributed by atoms with Crippen molar-refractivity contribution >= 4 is 33.0 Å². The predicted octanol–water partition coefficient (Wildman–Crippen LogP) is 2.15. The van der Waals surface area contributed by atoms with Crippen molar-refractivity contribution in [2.24, 2.45) is 0 Å². The lowest BCUT2D eigenvalue weighted by Gasteiger charge is -2.33. The molecule has 1 heterocycles. The predicted molar refractivity (Wildman–Crippen MR) is 119 cm³/mol. The number of carbonyl (C=O) groups is 1. The summed E-state index contributed by atoms with van der Waals surface area (Å²) in [5.41, 5.74) is 0.484. The molecule has 0 saturated carbocycles. The zero-order valence-electron chi connectivity index (χ0n) is 17.8. The van der Waals surface area contributed by atoms with Crippen LogP contribution in [0.3, 0.4) is 0 Å². The summed E-state index contributed by atoms with van der Waals surface area (Å²) in [6, 6.07) is 9.46. The van der Waals surface area contributed by atoms with Gasteiger partial charge in [-0.1, -0.05) is 18.2 Å². The summed E-state index contributed by atoms with van der Waals surface area (Å²) in [5, 5.41) is 24.8. The van der Waals surface area contributed by atoms with Gasteiger partial charge in [0.05, 0.1) is 15.5 Å². The summed E-state index contributed by atoms with van der Waals surface area (Å²) >= 11 is 0. The molecule has 1 aliphatic heterocycles. The first-order valence-corrected chi connectivity index (χ1v) is 11.5. The molecule has 2 aromatic rings. The molecule has 0 aliphatic carbocycles. The fourth-order valence-electron chi connectivity index (χ4n) is 3.49. The minimum Gasteiger partial charge on any atom is -0.326 e. The molecular weight excluding hydrogens is 454 g/mol. The fourth-order valence-corrected chi connectivity index (χ4v) is 5.07. The zero-order chi connectivity index (χ0) is 24.2. The summed E-state index contributed by atoms with van der Waals surface area (Å²) < 4.78 is 27.0. The van der Waals surface area contributed by atoms with Crippen LogP contribution in [0.25, 0.3) is 0 Å². The van der Waals surface area contributed by atoms with Gasteiger partial charge in [-0.2, -0.15) is 4.31 Å². The smallest absolute Gasteiger partial charge is 0.289 e. The van der Waals surface area contributed by atoms with E-state index in [1.807, 2.05) is 4.90 Å². The van der Waals surface area contributed by atoms with E-state index in [1.165, 1.54) is 34.6 Å². The molecule has 12 nitrogen and oxygen atoms in total. The summed E-state index contributed by atoms with van der Waals surface area (Å²) in [6.07, 6.45) is 0.124. The van der Waals surface area contributed by atoms with Crippen molar-refractivity contribution in [3.63, 3.8) is 0 Å². The first-order chi connectivity index (χ1) is 15.6. The lowest BCUT2D eigenvalue weighted by Crippen LogP contribution is -2.49. The highest BCUT2D eigenvalue weighted by Crippen LogP contribution is 2.27. The van der Waals surface area contributed by atoms with Gasteiger partial charge in [-0.25, -0.2) is 8.42 Å². The summed E-state index contributed by atoms with van der Waals surface area (Å²) in [5.74, 6) is -0.312. The quantitative estimate of drug-likeness (QED) is 0.448. The van der Waals surface area contributed by atoms with Gasteiger partial charge in [-0.3, -0.25) is 25.0 Å². The number of hydrogen-bond donors (Lipinski definition) is 1. The number of nitro benzene ring substituents is 2. The van der Waals surface area contributed by atoms with E-state index in [-0.39, 0.29) is 36.0 Å². The van der Waals surface area contributed by atoms with Crippen LogP contribution in [0.15, 0.2) is 47.4 Å². The van der Waals surface area contributed by atoms with Gasteiger partial charge in [-0.05, 0) is 18.6 Å². The number of carbonyl (C=O) groups excluding carboxylic acids is 1. The lowest BCUT2D eigenvalue weighted by molar-refractivity contribution is -0.387. The van der Waals surface area contributed by atoms with Crippen LogP contribution in [-0.2, 0) is 14.8 Å². The third-order valence-electron chi connectivity index (χ3n) is 5.37. The Morgan fingerprint density at radius 3 is 2.33 bits per heavy atom. The Kier molecular flexibility index (Phi) is 7.36. The molecule has 1 fully saturated rings. The van der Waals surface area contributed by atoms with Gasteiger partial charge in [0.15, 0.2) is 4.90 Å². The maximum Gasteiger partial charge on any atom is 0.289 e. The van der Waals surface area contributed by atoms with E-state index in [2.05, 4.69) is 5.32 Å². The van der Waals surface area contributed by atoms with Crippen LogP contribution in [0.1, 0.15) is 12.0 Å². The summed E-state index contributed by atoms with van der Waals surface area (Å²) in [4.78, 5) is 34.8. The van der Waals surface area contributed by atoms with Crippen molar-refractivity contribution < 1.29 is 23.1 Å². The molecule has 1 aliphatic rings. The van der Waals surface area contributed by atoms with Crippen LogP contribution >= 0.6 is 0 Å². The van der Waals surface area contributed by atoms with Gasteiger partial charge >= 0.3 is 0 Å². The average molecular weight is 477 g/mol. The number of anilines is 1. The molecule has 0 spiro atoms. The largest absolute Gasteiger partial charge is 0.326 e. The molecule has 176 valence electrons. The minimum atomic E-state index is -4.02. The topological polar surface area (TPSA) is 156 Å². The van der Waals surface area contributed by atoms with Crippen molar-refractivity contribution in [1.29, 1.82) is 0 Å². The van der Waals surface area contributed by atoms with E-state index in [9.17, 15) is 33.4 Å². The molecule has 2 aromatic carbocycles. The molecule has 0 aromatic heterocycles. The zero-order valence-corrected chi connectivity index (χ0v) is 18.7. The van der Waals surface area contributed by atoms with E-state index in [0.29, 0.717) is 30.9 Å². The molecule has 0 radical (unpaired) electrons. The van der Waals surface area contributed by atoms with Gasteiger partial charge in [0.1, 0.15) is 0 Å². The molecule has 33 heavy (non-hydrogen) atoms. The van der Waals surface area contributed by atoms with E-state index in [4.69, 9.17) is 0 Å². The second kappa shape index (κ2) is 10.0. The van der Waals surface area contributed by atoms with Crippen molar-refractivity contribution in [2.45, 2.75) is 18.2 Å². The van der Waals surface area contributed by atoms with Gasteiger partial charge < -0.3 is 10.2 Å². The number of rotatable bonds is 8. The number of sulfonamides is 1. The molecule has 0 bridgehead atoms. The van der Waals surface area contributed by atoms with Gasteiger partial charge in [0.25, 0.3) is 11.4 Å². The number of amides is 1. The Labute approximate surface area is 190 Å². The van der Waals surface area contributed by atoms with Crippen molar-refractivity contribution in [3.05, 3.63) is 68.3 Å². The van der Waals surface area contributed by atoms with Crippen LogP contribution in [-0.4, -0.2) is 66.1 Å². The Hall–Kier alpha value is -3.42. The SMILES string of the molecule is Cc1ccc([N+](=O)[O-])cc1NC(=O)CCN1CCN(S(=O)(=O)c2ccccc2[N+](=O)[O-])CC1. The molecule has 3 rings (SSSR count). The van der Waals surface area contributed by atoms with Crippen LogP contribution in [0.2, 0.25) is 0 Å². The first kappa shape index (κ1) is 24.2. The van der Waals surface area contributed by atoms with Gasteiger partial charge in [0, 0.05) is 57.3 Å². The highest BCUT2D eigenvalue weighted by Gasteiger charge is 2.33. The van der Waals surface area contributed by atoms with E-state index in [1.54, 1.807) is 13.0 Å². The number of non-ortho nitro benzene ring substituents is 1. The highest BCUT2D eigenvalue weighted by atomic mass is 32.2. The Bertz CT molecular complexity index is 1180. The molecule has 1 saturated heterocycles. The number of hydrogen-bond acceptors (Lipinski definition) is 8. The van der Waals surface area contributed by atoms with E-state index in [0.717, 1.165) is 6.07 Å². The lowest BCUT2D eigenvalue weighted by atomic mass is 10.1. The summed E-state index contributed by atoms with van der Waals surface area (Å²) in [6.45, 7) is 3.11. The maximum atomic E-state index is 12.9. The normalized spacial score (nSPS) is 15.2. The third-order valence-corrected chi connectivity index (χ3v) is 7.32. The molecule has 1 amide bonds. The van der Waals surface area contributed by atoms with Crippen LogP contribution in [0.5, 0.6) is 0 Å². The number of benzene rings is 2. The fraction of sp³-hybridized carbons (Fsp3) is 0.350. The Morgan fingerprint density at radius 1 is 1.03 bits per heavy atom. The number of nitrogens with one attached hydrogen (secondary N) is 1. The number of aryl methyl sites for hydroxylation is 1. The van der Waals surface area contributed by atoms with Crippen LogP contribution in [0, 0.1) is 27.2 Å². The number of para-hydroxylation sites is 1. The molecular formula is C20H23N5O7S. The Morgan fingerprint density at radius 2 is 1.70 bits per heavy atom. The molecule has 1 N–H and O–H groups in total. The van der Waals surface area contributed by atoms with Crippen molar-refractivity contribution in [1.82, 2.24) is 9.21 Å². The third kappa shape index (κ3) is 5.69. The number of nitrogens with zero attached hydrogens (tertiary/aromatic N) is 4. The second-order valence-corrected chi connectivity index (χ2v) is 9.43. The standard InChI is InChI=1S/C20H23N5O7S/c1-15-6-7-16(24(27)28)14-17(15)21-20(26)8-9-22-10-12-23(13-11-22)33(31,32)19-5-3-2-4-18(19)25(29)30/h2-7,14H,8-13H2,1H3,(H,21,26). The maximum absolute atomic E-state index is 12.9. The summed E-state index contributed by atoms with van der Waals surface area (Å²) in [7, 11) is -4.02. The van der Waals surface area contributed by atoms with E-state index >= 15 is 0 Å². The number of nitro groups is 2. The van der Waals surface area contributed by atoms with Gasteiger partial charge in [0.2, 0.25) is 15.9 Å². The molecule has 0 atom stereocenters.